The Bertz CT molecular complexity index is 190. The minimum absolute atomic E-state index is 0.223. The van der Waals surface area contributed by atoms with Gasteiger partial charge in [0.25, 0.3) is 10.2 Å². The Morgan fingerprint density at radius 1 is 1.55 bits per heavy atom. The zero-order valence-corrected chi connectivity index (χ0v) is 7.61. The minimum atomic E-state index is -3.32. The van der Waals surface area contributed by atoms with Gasteiger partial charge in [0.1, 0.15) is 0 Å². The van der Waals surface area contributed by atoms with Crippen LogP contribution >= 0.6 is 0 Å². The highest BCUT2D eigenvalue weighted by Gasteiger charge is 2.10. The lowest BCUT2D eigenvalue weighted by molar-refractivity contribution is 0.550. The minimum Gasteiger partial charge on any atom is -0.329 e. The van der Waals surface area contributed by atoms with E-state index in [1.54, 1.807) is 13.8 Å². The molecule has 0 spiro atoms. The molecule has 4 N–H and O–H groups in total. The maximum Gasteiger partial charge on any atom is 0.277 e. The molecule has 68 valence electrons. The Hall–Kier alpha value is -0.170. The maximum atomic E-state index is 10.9. The molecule has 0 aliphatic heterocycles. The quantitative estimate of drug-likeness (QED) is 0.497. The molecule has 0 amide bonds. The van der Waals surface area contributed by atoms with Crippen molar-refractivity contribution in [3.63, 3.8) is 0 Å². The van der Waals surface area contributed by atoms with Crippen LogP contribution in [0.15, 0.2) is 0 Å². The molecule has 0 radical (unpaired) electrons. The summed E-state index contributed by atoms with van der Waals surface area (Å²) in [6, 6.07) is -0.223. The summed E-state index contributed by atoms with van der Waals surface area (Å²) in [6.45, 7) is 4.10. The van der Waals surface area contributed by atoms with Crippen molar-refractivity contribution in [3.05, 3.63) is 0 Å². The van der Waals surface area contributed by atoms with Crippen LogP contribution < -0.4 is 15.2 Å². The van der Waals surface area contributed by atoms with Crippen molar-refractivity contribution >= 4 is 10.2 Å². The van der Waals surface area contributed by atoms with Crippen molar-refractivity contribution in [2.24, 2.45) is 5.73 Å². The van der Waals surface area contributed by atoms with Crippen molar-refractivity contribution in [2.45, 2.75) is 19.9 Å². The molecule has 0 aromatic carbocycles. The summed E-state index contributed by atoms with van der Waals surface area (Å²) in [5, 5.41) is 0. The van der Waals surface area contributed by atoms with E-state index in [-0.39, 0.29) is 6.04 Å². The monoisotopic (exact) mass is 181 g/mol. The fraction of sp³-hybridized carbons (Fsp3) is 1.00. The largest absolute Gasteiger partial charge is 0.329 e. The Balaban J connectivity index is 3.92. The van der Waals surface area contributed by atoms with Gasteiger partial charge in [0.2, 0.25) is 0 Å². The number of hydrogen-bond acceptors (Lipinski definition) is 3. The fourth-order valence-electron chi connectivity index (χ4n) is 0.545. The van der Waals surface area contributed by atoms with Gasteiger partial charge < -0.3 is 5.73 Å². The molecule has 5 nitrogen and oxygen atoms in total. The van der Waals surface area contributed by atoms with Crippen molar-refractivity contribution in [2.75, 3.05) is 13.1 Å². The highest BCUT2D eigenvalue weighted by atomic mass is 32.2. The van der Waals surface area contributed by atoms with Gasteiger partial charge in [-0.05, 0) is 6.92 Å². The molecular weight excluding hydrogens is 166 g/mol. The Morgan fingerprint density at radius 2 is 2.09 bits per heavy atom. The predicted molar refractivity (Wildman–Crippen MR) is 44.2 cm³/mol. The van der Waals surface area contributed by atoms with E-state index in [2.05, 4.69) is 9.44 Å². The van der Waals surface area contributed by atoms with E-state index >= 15 is 0 Å². The van der Waals surface area contributed by atoms with Gasteiger partial charge in [0, 0.05) is 19.1 Å². The van der Waals surface area contributed by atoms with Crippen LogP contribution in [0.4, 0.5) is 0 Å². The number of nitrogens with one attached hydrogen (secondary N) is 2. The third-order valence-corrected chi connectivity index (χ3v) is 2.43. The molecule has 0 aromatic rings. The van der Waals surface area contributed by atoms with E-state index in [1.807, 2.05) is 0 Å². The summed E-state index contributed by atoms with van der Waals surface area (Å²) < 4.78 is 26.5. The summed E-state index contributed by atoms with van der Waals surface area (Å²) in [6.07, 6.45) is 0. The molecule has 0 aliphatic carbocycles. The fourth-order valence-corrected chi connectivity index (χ4v) is 1.63. The molecule has 0 aliphatic rings. The molecule has 1 unspecified atom stereocenters. The van der Waals surface area contributed by atoms with E-state index in [4.69, 9.17) is 5.73 Å². The van der Waals surface area contributed by atoms with Crippen LogP contribution in [0.2, 0.25) is 0 Å². The van der Waals surface area contributed by atoms with Crippen molar-refractivity contribution < 1.29 is 8.42 Å². The van der Waals surface area contributed by atoms with Crippen LogP contribution in [0.5, 0.6) is 0 Å². The molecule has 0 saturated heterocycles. The summed E-state index contributed by atoms with van der Waals surface area (Å²) in [4.78, 5) is 0. The molecule has 0 rings (SSSR count). The van der Waals surface area contributed by atoms with Gasteiger partial charge in [-0.3, -0.25) is 0 Å². The standard InChI is InChI=1S/C5H15N3O2S/c1-3-7-11(9,10)8-5(2)4-6/h5,7-8H,3-4,6H2,1-2H3. The first-order valence-electron chi connectivity index (χ1n) is 3.48. The molecule has 1 atom stereocenters. The lowest BCUT2D eigenvalue weighted by atomic mass is 10.4. The molecule has 0 bridgehead atoms. The molecule has 0 fully saturated rings. The Kier molecular flexibility index (Phi) is 4.58. The Labute approximate surface area is 67.5 Å². The highest BCUT2D eigenvalue weighted by Crippen LogP contribution is 1.81. The Morgan fingerprint density at radius 3 is 2.45 bits per heavy atom. The van der Waals surface area contributed by atoms with Crippen molar-refractivity contribution in [3.8, 4) is 0 Å². The highest BCUT2D eigenvalue weighted by molar-refractivity contribution is 7.87. The van der Waals surface area contributed by atoms with Crippen LogP contribution in [0.1, 0.15) is 13.8 Å². The van der Waals surface area contributed by atoms with Gasteiger partial charge in [-0.2, -0.15) is 13.1 Å². The summed E-state index contributed by atoms with van der Waals surface area (Å²) in [7, 11) is -3.32. The average molecular weight is 181 g/mol. The molecular formula is C5H15N3O2S. The van der Waals surface area contributed by atoms with Crippen LogP contribution in [0, 0.1) is 0 Å². The SMILES string of the molecule is CCNS(=O)(=O)NC(C)CN. The van der Waals surface area contributed by atoms with Gasteiger partial charge in [0.05, 0.1) is 0 Å². The third-order valence-electron chi connectivity index (χ3n) is 1.04. The van der Waals surface area contributed by atoms with Gasteiger partial charge >= 0.3 is 0 Å². The molecule has 0 aromatic heterocycles. The summed E-state index contributed by atoms with van der Waals surface area (Å²) in [5.41, 5.74) is 5.22. The van der Waals surface area contributed by atoms with E-state index in [0.717, 1.165) is 0 Å². The molecule has 0 heterocycles. The topological polar surface area (TPSA) is 84.2 Å². The molecule has 11 heavy (non-hydrogen) atoms. The van der Waals surface area contributed by atoms with E-state index in [1.165, 1.54) is 0 Å². The van der Waals surface area contributed by atoms with Crippen molar-refractivity contribution in [1.82, 2.24) is 9.44 Å². The van der Waals surface area contributed by atoms with E-state index in [9.17, 15) is 8.42 Å². The van der Waals surface area contributed by atoms with Gasteiger partial charge in [0.15, 0.2) is 0 Å². The number of rotatable bonds is 5. The van der Waals surface area contributed by atoms with Crippen LogP contribution in [-0.4, -0.2) is 27.5 Å². The number of hydrogen-bond donors (Lipinski definition) is 3. The van der Waals surface area contributed by atoms with Crippen LogP contribution in [0.3, 0.4) is 0 Å². The predicted octanol–water partition coefficient (Wildman–Crippen LogP) is -1.22. The van der Waals surface area contributed by atoms with Crippen LogP contribution in [-0.2, 0) is 10.2 Å². The van der Waals surface area contributed by atoms with Gasteiger partial charge in [-0.25, -0.2) is 4.72 Å². The first-order valence-corrected chi connectivity index (χ1v) is 4.97. The van der Waals surface area contributed by atoms with Crippen LogP contribution in [0.25, 0.3) is 0 Å². The normalized spacial score (nSPS) is 14.8. The lowest BCUT2D eigenvalue weighted by Crippen LogP contribution is -2.44. The van der Waals surface area contributed by atoms with E-state index in [0.29, 0.717) is 13.1 Å². The second kappa shape index (κ2) is 4.66. The second-order valence-electron chi connectivity index (χ2n) is 2.26. The van der Waals surface area contributed by atoms with Gasteiger partial charge in [-0.1, -0.05) is 6.92 Å². The smallest absolute Gasteiger partial charge is 0.277 e. The zero-order chi connectivity index (χ0) is 8.91. The maximum absolute atomic E-state index is 10.9. The van der Waals surface area contributed by atoms with Gasteiger partial charge in [-0.15, -0.1) is 0 Å². The third kappa shape index (κ3) is 5.14. The average Bonchev–Trinajstić information content (AvgIpc) is 1.86. The molecule has 6 heteroatoms. The molecule has 0 saturated carbocycles. The summed E-state index contributed by atoms with van der Waals surface area (Å²) >= 11 is 0. The summed E-state index contributed by atoms with van der Waals surface area (Å²) in [5.74, 6) is 0. The van der Waals surface area contributed by atoms with E-state index < -0.39 is 10.2 Å². The second-order valence-corrected chi connectivity index (χ2v) is 3.79. The lowest BCUT2D eigenvalue weighted by Gasteiger charge is -2.11. The number of nitrogens with two attached hydrogens (primary N) is 1. The zero-order valence-electron chi connectivity index (χ0n) is 6.79. The first kappa shape index (κ1) is 10.8. The first-order chi connectivity index (χ1) is 5.02. The van der Waals surface area contributed by atoms with Crippen molar-refractivity contribution in [1.29, 1.82) is 0 Å².